The maximum atomic E-state index is 14.7. The molecule has 1 saturated carbocycles. The second-order valence-corrected chi connectivity index (χ2v) is 7.49. The van der Waals surface area contributed by atoms with Crippen molar-refractivity contribution < 1.29 is 23.4 Å². The lowest BCUT2D eigenvalue weighted by atomic mass is 9.74. The van der Waals surface area contributed by atoms with E-state index in [2.05, 4.69) is 9.73 Å². The molecule has 0 bridgehead atoms. The molecule has 28 heavy (non-hydrogen) atoms. The molecule has 2 aliphatic heterocycles. The summed E-state index contributed by atoms with van der Waals surface area (Å²) in [7, 11) is 4.84. The number of hydrogen-bond donors (Lipinski definition) is 1. The van der Waals surface area contributed by atoms with Gasteiger partial charge in [0.1, 0.15) is 17.1 Å². The van der Waals surface area contributed by atoms with Crippen molar-refractivity contribution in [3.8, 4) is 5.75 Å². The summed E-state index contributed by atoms with van der Waals surface area (Å²) in [6.45, 7) is 1.20. The van der Waals surface area contributed by atoms with Crippen molar-refractivity contribution in [3.05, 3.63) is 29.6 Å². The van der Waals surface area contributed by atoms with E-state index in [1.807, 2.05) is 0 Å². The smallest absolute Gasteiger partial charge is 0.235 e. The number of amides is 1. The van der Waals surface area contributed by atoms with Crippen molar-refractivity contribution in [3.63, 3.8) is 0 Å². The summed E-state index contributed by atoms with van der Waals surface area (Å²) in [6, 6.07) is 4.63. The van der Waals surface area contributed by atoms with Crippen molar-refractivity contribution in [1.82, 2.24) is 4.90 Å². The van der Waals surface area contributed by atoms with Crippen LogP contribution in [-0.2, 0) is 19.8 Å². The van der Waals surface area contributed by atoms with E-state index < -0.39 is 17.3 Å². The summed E-state index contributed by atoms with van der Waals surface area (Å²) in [5.74, 6) is 0.183. The van der Waals surface area contributed by atoms with Crippen LogP contribution in [0, 0.1) is 17.7 Å². The van der Waals surface area contributed by atoms with E-state index in [1.165, 1.54) is 23.8 Å². The number of ether oxygens (including phenoxy) is 3. The van der Waals surface area contributed by atoms with E-state index >= 15 is 0 Å². The summed E-state index contributed by atoms with van der Waals surface area (Å²) < 4.78 is 30.4. The molecule has 0 spiro atoms. The Kier molecular flexibility index (Phi) is 6.20. The highest BCUT2D eigenvalue weighted by Gasteiger charge is 2.52. The highest BCUT2D eigenvalue weighted by molar-refractivity contribution is 6.00. The Morgan fingerprint density at radius 2 is 2.07 bits per heavy atom. The molecule has 1 saturated heterocycles. The minimum absolute atomic E-state index is 0.0791. The lowest BCUT2D eigenvalue weighted by Gasteiger charge is -2.45. The molecule has 2 atom stereocenters. The van der Waals surface area contributed by atoms with Gasteiger partial charge in [-0.2, -0.15) is 0 Å². The Balaban J connectivity index is 0.000000706. The molecule has 2 heterocycles. The van der Waals surface area contributed by atoms with Gasteiger partial charge in [-0.05, 0) is 43.4 Å². The number of benzene rings is 1. The summed E-state index contributed by atoms with van der Waals surface area (Å²) in [5, 5.41) is 0. The molecular weight excluding hydrogens is 365 g/mol. The maximum absolute atomic E-state index is 14.7. The lowest BCUT2D eigenvalue weighted by molar-refractivity contribution is -0.140. The Bertz CT molecular complexity index is 753. The fourth-order valence-corrected chi connectivity index (χ4v) is 3.58. The molecule has 2 fully saturated rings. The van der Waals surface area contributed by atoms with Crippen molar-refractivity contribution >= 4 is 11.9 Å². The number of nitrogens with two attached hydrogens (primary N) is 1. The first-order chi connectivity index (χ1) is 13.4. The molecule has 0 radical (unpaired) electrons. The number of halogens is 1. The van der Waals surface area contributed by atoms with Crippen molar-refractivity contribution in [1.29, 1.82) is 0 Å². The first kappa shape index (κ1) is 20.5. The molecule has 1 aliphatic carbocycles. The Hall–Kier alpha value is -2.19. The van der Waals surface area contributed by atoms with Gasteiger partial charge in [0.25, 0.3) is 0 Å². The summed E-state index contributed by atoms with van der Waals surface area (Å²) >= 11 is 0. The number of carbonyl (C=O) groups is 1. The van der Waals surface area contributed by atoms with Crippen molar-refractivity contribution in [2.75, 3.05) is 41.1 Å². The van der Waals surface area contributed by atoms with Crippen LogP contribution in [0.1, 0.15) is 24.8 Å². The van der Waals surface area contributed by atoms with Crippen LogP contribution >= 0.6 is 0 Å². The third-order valence-corrected chi connectivity index (χ3v) is 5.32. The molecule has 2 unspecified atom stereocenters. The molecule has 2 N–H and O–H groups in total. The van der Waals surface area contributed by atoms with Crippen molar-refractivity contribution in [2.24, 2.45) is 22.6 Å². The van der Waals surface area contributed by atoms with Gasteiger partial charge in [0.05, 0.1) is 19.1 Å². The van der Waals surface area contributed by atoms with Crippen molar-refractivity contribution in [2.45, 2.75) is 24.8 Å². The molecule has 1 amide bonds. The van der Waals surface area contributed by atoms with Crippen LogP contribution in [0.4, 0.5) is 4.39 Å². The minimum atomic E-state index is -1.13. The maximum Gasteiger partial charge on any atom is 0.235 e. The van der Waals surface area contributed by atoms with Gasteiger partial charge in [0.2, 0.25) is 5.91 Å². The molecule has 8 heteroatoms. The van der Waals surface area contributed by atoms with Gasteiger partial charge in [0, 0.05) is 33.4 Å². The van der Waals surface area contributed by atoms with E-state index in [0.29, 0.717) is 36.9 Å². The van der Waals surface area contributed by atoms with Crippen LogP contribution in [0.25, 0.3) is 0 Å². The predicted molar refractivity (Wildman–Crippen MR) is 103 cm³/mol. The van der Waals surface area contributed by atoms with Gasteiger partial charge < -0.3 is 19.9 Å². The first-order valence-corrected chi connectivity index (χ1v) is 9.46. The molecule has 1 aromatic rings. The minimum Gasteiger partial charge on any atom is -0.493 e. The fourth-order valence-electron chi connectivity index (χ4n) is 3.58. The zero-order chi connectivity index (χ0) is 20.3. The van der Waals surface area contributed by atoms with E-state index in [0.717, 1.165) is 0 Å². The van der Waals surface area contributed by atoms with Crippen LogP contribution in [0.15, 0.2) is 23.2 Å². The van der Waals surface area contributed by atoms with Crippen LogP contribution in [0.3, 0.4) is 0 Å². The van der Waals surface area contributed by atoms with Crippen LogP contribution in [-0.4, -0.2) is 57.9 Å². The second-order valence-electron chi connectivity index (χ2n) is 7.49. The highest BCUT2D eigenvalue weighted by atomic mass is 19.1. The molecule has 4 rings (SSSR count). The summed E-state index contributed by atoms with van der Waals surface area (Å²) in [5.41, 5.74) is 5.12. The molecule has 0 aromatic heterocycles. The standard InChI is InChI=1S/C18H22FN3O3.C2H6O/c1-22-16(23)13-6-7-24-10-18(13,21-17(22)20)14-8-12(4-5-15(14)19)25-9-11-2-3-11;1-3-2/h4-5,8,11,13H,2-3,6-7,9-10H2,1H3,(H2,20,21);1-2H3. The quantitative estimate of drug-likeness (QED) is 0.844. The van der Waals surface area contributed by atoms with Gasteiger partial charge in [-0.25, -0.2) is 9.38 Å². The lowest BCUT2D eigenvalue weighted by Crippen LogP contribution is -2.58. The van der Waals surface area contributed by atoms with Gasteiger partial charge in [-0.3, -0.25) is 9.69 Å². The van der Waals surface area contributed by atoms with Gasteiger partial charge in [-0.1, -0.05) is 0 Å². The number of rotatable bonds is 4. The number of nitrogens with zero attached hydrogens (tertiary/aromatic N) is 2. The van der Waals surface area contributed by atoms with Crippen LogP contribution in [0.5, 0.6) is 5.75 Å². The van der Waals surface area contributed by atoms with Gasteiger partial charge >= 0.3 is 0 Å². The Labute approximate surface area is 164 Å². The highest BCUT2D eigenvalue weighted by Crippen LogP contribution is 2.44. The van der Waals surface area contributed by atoms with Gasteiger partial charge in [0.15, 0.2) is 5.96 Å². The second kappa shape index (κ2) is 8.45. The zero-order valence-electron chi connectivity index (χ0n) is 16.6. The number of methoxy groups -OCH3 is 1. The molecule has 7 nitrogen and oxygen atoms in total. The average molecular weight is 393 g/mol. The molecular formula is C20H28FN3O4. The Morgan fingerprint density at radius 3 is 2.75 bits per heavy atom. The molecule has 3 aliphatic rings. The van der Waals surface area contributed by atoms with Crippen LogP contribution in [0.2, 0.25) is 0 Å². The summed E-state index contributed by atoms with van der Waals surface area (Å²) in [4.78, 5) is 18.6. The monoisotopic (exact) mass is 393 g/mol. The number of fused-ring (bicyclic) bond motifs is 1. The third-order valence-electron chi connectivity index (χ3n) is 5.32. The Morgan fingerprint density at radius 1 is 1.36 bits per heavy atom. The van der Waals surface area contributed by atoms with E-state index in [1.54, 1.807) is 33.4 Å². The number of carbonyl (C=O) groups excluding carboxylic acids is 1. The largest absolute Gasteiger partial charge is 0.493 e. The van der Waals surface area contributed by atoms with E-state index in [9.17, 15) is 9.18 Å². The fraction of sp³-hybridized carbons (Fsp3) is 0.600. The van der Waals surface area contributed by atoms with E-state index in [4.69, 9.17) is 15.2 Å². The third kappa shape index (κ3) is 3.98. The average Bonchev–Trinajstić information content (AvgIpc) is 3.51. The topological polar surface area (TPSA) is 86.4 Å². The number of hydrogen-bond acceptors (Lipinski definition) is 6. The van der Waals surface area contributed by atoms with E-state index in [-0.39, 0.29) is 18.5 Å². The number of guanidine groups is 1. The molecule has 154 valence electrons. The summed E-state index contributed by atoms with van der Waals surface area (Å²) in [6.07, 6.45) is 2.83. The van der Waals surface area contributed by atoms with Gasteiger partial charge in [-0.15, -0.1) is 0 Å². The first-order valence-electron chi connectivity index (χ1n) is 9.46. The zero-order valence-corrected chi connectivity index (χ0v) is 16.6. The SMILES string of the molecule is CN1C(=O)C2CCOCC2(c2cc(OCC3CC3)ccc2F)N=C1N.COC. The predicted octanol–water partition coefficient (Wildman–Crippen LogP) is 1.90. The normalized spacial score (nSPS) is 26.7. The van der Waals surface area contributed by atoms with Crippen LogP contribution < -0.4 is 10.5 Å². The molecule has 1 aromatic carbocycles. The number of aliphatic imine (C=N–C) groups is 1.